The van der Waals surface area contributed by atoms with E-state index in [-0.39, 0.29) is 24.1 Å². The van der Waals surface area contributed by atoms with E-state index < -0.39 is 0 Å². The van der Waals surface area contributed by atoms with Gasteiger partial charge in [0.1, 0.15) is 11.9 Å². The van der Waals surface area contributed by atoms with E-state index in [2.05, 4.69) is 5.32 Å². The van der Waals surface area contributed by atoms with E-state index >= 15 is 0 Å². The molecule has 1 fully saturated rings. The van der Waals surface area contributed by atoms with Crippen LogP contribution in [0.25, 0.3) is 0 Å². The molecule has 2 unspecified atom stereocenters. The van der Waals surface area contributed by atoms with Crippen molar-refractivity contribution in [2.45, 2.75) is 19.1 Å². The zero-order chi connectivity index (χ0) is 17.1. The molecule has 1 N–H and O–H groups in total. The molecule has 1 aliphatic rings. The predicted molar refractivity (Wildman–Crippen MR) is 91.7 cm³/mol. The van der Waals surface area contributed by atoms with Gasteiger partial charge >= 0.3 is 6.03 Å². The number of halogens is 2. The average molecular weight is 349 g/mol. The van der Waals surface area contributed by atoms with Crippen LogP contribution in [-0.2, 0) is 4.74 Å². The van der Waals surface area contributed by atoms with Crippen LogP contribution >= 0.6 is 11.6 Å². The minimum absolute atomic E-state index is 0.107. The highest BCUT2D eigenvalue weighted by molar-refractivity contribution is 6.30. The molecule has 0 saturated carbocycles. The lowest BCUT2D eigenvalue weighted by molar-refractivity contribution is -0.0642. The number of amides is 2. The second-order valence-electron chi connectivity index (χ2n) is 5.83. The number of rotatable bonds is 2. The van der Waals surface area contributed by atoms with Crippen LogP contribution in [0.2, 0.25) is 5.02 Å². The number of hydrogen-bond acceptors (Lipinski definition) is 2. The molecule has 24 heavy (non-hydrogen) atoms. The van der Waals surface area contributed by atoms with Crippen LogP contribution in [0.15, 0.2) is 48.5 Å². The summed E-state index contributed by atoms with van der Waals surface area (Å²) in [6.45, 7) is 2.82. The van der Waals surface area contributed by atoms with Crippen LogP contribution < -0.4 is 5.32 Å². The Morgan fingerprint density at radius 3 is 2.50 bits per heavy atom. The van der Waals surface area contributed by atoms with Gasteiger partial charge in [0.25, 0.3) is 0 Å². The van der Waals surface area contributed by atoms with E-state index in [0.29, 0.717) is 23.8 Å². The van der Waals surface area contributed by atoms with Gasteiger partial charge in [-0.15, -0.1) is 0 Å². The number of nitrogens with one attached hydrogen (secondary N) is 1. The molecule has 2 atom stereocenters. The van der Waals surface area contributed by atoms with Crippen molar-refractivity contribution in [2.24, 2.45) is 0 Å². The van der Waals surface area contributed by atoms with Crippen LogP contribution in [0, 0.1) is 5.82 Å². The van der Waals surface area contributed by atoms with E-state index in [4.69, 9.17) is 16.3 Å². The molecule has 126 valence electrons. The first-order valence-electron chi connectivity index (χ1n) is 7.73. The summed E-state index contributed by atoms with van der Waals surface area (Å²) in [5.74, 6) is -0.292. The fourth-order valence-corrected chi connectivity index (χ4v) is 2.84. The number of hydrogen-bond donors (Lipinski definition) is 1. The summed E-state index contributed by atoms with van der Waals surface area (Å²) in [6.07, 6.45) is -0.380. The zero-order valence-electron chi connectivity index (χ0n) is 13.2. The van der Waals surface area contributed by atoms with Crippen molar-refractivity contribution in [3.63, 3.8) is 0 Å². The minimum Gasteiger partial charge on any atom is -0.367 e. The van der Waals surface area contributed by atoms with Crippen LogP contribution in [0.3, 0.4) is 0 Å². The van der Waals surface area contributed by atoms with Crippen molar-refractivity contribution in [1.29, 1.82) is 0 Å². The molecular weight excluding hydrogens is 331 g/mol. The molecule has 2 aromatic carbocycles. The number of morpholine rings is 1. The maximum Gasteiger partial charge on any atom is 0.322 e. The van der Waals surface area contributed by atoms with Gasteiger partial charge in [-0.3, -0.25) is 0 Å². The summed E-state index contributed by atoms with van der Waals surface area (Å²) in [5.41, 5.74) is 1.54. The molecule has 0 bridgehead atoms. The summed E-state index contributed by atoms with van der Waals surface area (Å²) in [7, 11) is 0. The number of anilines is 1. The topological polar surface area (TPSA) is 41.6 Å². The Labute approximate surface area is 145 Å². The van der Waals surface area contributed by atoms with E-state index in [0.717, 1.165) is 5.56 Å². The maximum atomic E-state index is 13.1. The van der Waals surface area contributed by atoms with Crippen molar-refractivity contribution in [2.75, 3.05) is 18.4 Å². The smallest absolute Gasteiger partial charge is 0.322 e. The van der Waals surface area contributed by atoms with Gasteiger partial charge in [0.2, 0.25) is 0 Å². The van der Waals surface area contributed by atoms with Gasteiger partial charge in [0, 0.05) is 17.3 Å². The Morgan fingerprint density at radius 1 is 1.17 bits per heavy atom. The summed E-state index contributed by atoms with van der Waals surface area (Å²) >= 11 is 5.85. The van der Waals surface area contributed by atoms with Gasteiger partial charge in [0.15, 0.2) is 0 Å². The normalized spacial score (nSPS) is 20.7. The number of urea groups is 1. The van der Waals surface area contributed by atoms with Crippen LogP contribution in [0.4, 0.5) is 14.9 Å². The van der Waals surface area contributed by atoms with Gasteiger partial charge < -0.3 is 15.0 Å². The predicted octanol–water partition coefficient (Wildman–Crippen LogP) is 4.47. The molecule has 1 heterocycles. The van der Waals surface area contributed by atoms with Gasteiger partial charge in [-0.05, 0) is 48.9 Å². The van der Waals surface area contributed by atoms with Crippen molar-refractivity contribution in [3.8, 4) is 0 Å². The monoisotopic (exact) mass is 348 g/mol. The Kier molecular flexibility index (Phi) is 5.02. The summed E-state index contributed by atoms with van der Waals surface area (Å²) < 4.78 is 19.0. The summed E-state index contributed by atoms with van der Waals surface area (Å²) in [5, 5.41) is 3.47. The van der Waals surface area contributed by atoms with Crippen molar-refractivity contribution >= 4 is 23.3 Å². The third kappa shape index (κ3) is 4.04. The highest BCUT2D eigenvalue weighted by atomic mass is 35.5. The molecule has 4 nitrogen and oxygen atoms in total. The first kappa shape index (κ1) is 16.7. The second-order valence-corrected chi connectivity index (χ2v) is 6.27. The fraction of sp³-hybridized carbons (Fsp3) is 0.278. The highest BCUT2D eigenvalue weighted by Crippen LogP contribution is 2.26. The molecule has 0 aliphatic carbocycles. The summed E-state index contributed by atoms with van der Waals surface area (Å²) in [4.78, 5) is 14.2. The lowest BCUT2D eigenvalue weighted by Crippen LogP contribution is -2.47. The number of benzene rings is 2. The van der Waals surface area contributed by atoms with Crippen molar-refractivity contribution in [3.05, 3.63) is 64.9 Å². The lowest BCUT2D eigenvalue weighted by atomic mass is 10.1. The molecule has 1 aliphatic heterocycles. The van der Waals surface area contributed by atoms with Gasteiger partial charge in [0.05, 0.1) is 12.6 Å². The SMILES string of the molecule is CC1CN(C(=O)Nc2ccc(Cl)cc2)CC(c2ccc(F)cc2)O1. The minimum atomic E-state index is -0.292. The van der Waals surface area contributed by atoms with Gasteiger partial charge in [-0.25, -0.2) is 9.18 Å². The standard InChI is InChI=1S/C18H18ClFN2O2/c1-12-10-22(18(23)21-16-8-4-14(19)5-9-16)11-17(24-12)13-2-6-15(20)7-3-13/h2-9,12,17H,10-11H2,1H3,(H,21,23). The number of carbonyl (C=O) groups excluding carboxylic acids is 1. The van der Waals surface area contributed by atoms with Gasteiger partial charge in [-0.2, -0.15) is 0 Å². The Bertz CT molecular complexity index is 706. The largest absolute Gasteiger partial charge is 0.367 e. The van der Waals surface area contributed by atoms with Crippen molar-refractivity contribution in [1.82, 2.24) is 4.90 Å². The number of nitrogens with zero attached hydrogens (tertiary/aromatic N) is 1. The zero-order valence-corrected chi connectivity index (χ0v) is 14.0. The lowest BCUT2D eigenvalue weighted by Gasteiger charge is -2.37. The van der Waals surface area contributed by atoms with E-state index in [1.807, 2.05) is 6.92 Å². The molecule has 0 radical (unpaired) electrons. The van der Waals surface area contributed by atoms with E-state index in [1.54, 1.807) is 41.3 Å². The Hall–Kier alpha value is -2.11. The molecule has 2 amide bonds. The first-order valence-corrected chi connectivity index (χ1v) is 8.11. The molecule has 0 aromatic heterocycles. The highest BCUT2D eigenvalue weighted by Gasteiger charge is 2.29. The third-order valence-electron chi connectivity index (χ3n) is 3.88. The molecule has 2 aromatic rings. The summed E-state index contributed by atoms with van der Waals surface area (Å²) in [6, 6.07) is 12.9. The van der Waals surface area contributed by atoms with Crippen LogP contribution in [-0.4, -0.2) is 30.1 Å². The first-order chi connectivity index (χ1) is 11.5. The quantitative estimate of drug-likeness (QED) is 0.869. The number of carbonyl (C=O) groups is 1. The number of ether oxygens (including phenoxy) is 1. The van der Waals surface area contributed by atoms with Gasteiger partial charge in [-0.1, -0.05) is 23.7 Å². The van der Waals surface area contributed by atoms with Crippen LogP contribution in [0.1, 0.15) is 18.6 Å². The van der Waals surface area contributed by atoms with Crippen LogP contribution in [0.5, 0.6) is 0 Å². The van der Waals surface area contributed by atoms with E-state index in [9.17, 15) is 9.18 Å². The third-order valence-corrected chi connectivity index (χ3v) is 4.14. The second kappa shape index (κ2) is 7.20. The molecule has 0 spiro atoms. The molecule has 6 heteroatoms. The Morgan fingerprint density at radius 2 is 1.83 bits per heavy atom. The van der Waals surface area contributed by atoms with Crippen molar-refractivity contribution < 1.29 is 13.9 Å². The molecular formula is C18H18ClFN2O2. The average Bonchev–Trinajstić information content (AvgIpc) is 2.57. The van der Waals surface area contributed by atoms with E-state index in [1.165, 1.54) is 12.1 Å². The fourth-order valence-electron chi connectivity index (χ4n) is 2.71. The maximum absolute atomic E-state index is 13.1. The molecule has 1 saturated heterocycles. The Balaban J connectivity index is 1.69. The molecule has 3 rings (SSSR count).